The molecule has 4 fully saturated rings. The standard InChI is InChI=1S/C30H46O4/c1-26(2)22-9-13-30(6)24(28(22,4)12-10-23(26)32)21(31)17-20-19-16-18(25(33)34-7)8-11-27(19,3)14-15-29(20,30)5/h17-19,22-24,32H,8-16H2,1-7H3/t18-,19-,22-,23-,24+,27+,28-,29+,30+/m0/s1. The smallest absolute Gasteiger partial charge is 0.308 e. The Bertz CT molecular complexity index is 934. The molecule has 0 spiro atoms. The summed E-state index contributed by atoms with van der Waals surface area (Å²) in [6.45, 7) is 14.1. The monoisotopic (exact) mass is 470 g/mol. The van der Waals surface area contributed by atoms with E-state index in [-0.39, 0.29) is 56.9 Å². The third-order valence-corrected chi connectivity index (χ3v) is 12.8. The van der Waals surface area contributed by atoms with Crippen LogP contribution in [0.25, 0.3) is 0 Å². The molecule has 5 rings (SSSR count). The minimum Gasteiger partial charge on any atom is -0.469 e. The van der Waals surface area contributed by atoms with Gasteiger partial charge in [0.2, 0.25) is 0 Å². The zero-order valence-corrected chi connectivity index (χ0v) is 22.5. The summed E-state index contributed by atoms with van der Waals surface area (Å²) in [5.74, 6) is 0.818. The Kier molecular flexibility index (Phi) is 5.36. The summed E-state index contributed by atoms with van der Waals surface area (Å²) in [4.78, 5) is 26.7. The van der Waals surface area contributed by atoms with E-state index in [1.165, 1.54) is 19.1 Å². The fourth-order valence-electron chi connectivity index (χ4n) is 10.4. The lowest BCUT2D eigenvalue weighted by Gasteiger charge is -2.70. The zero-order valence-electron chi connectivity index (χ0n) is 22.5. The lowest BCUT2D eigenvalue weighted by molar-refractivity contribution is -0.201. The van der Waals surface area contributed by atoms with Crippen LogP contribution in [0.3, 0.4) is 0 Å². The minimum atomic E-state index is -0.289. The van der Waals surface area contributed by atoms with Crippen molar-refractivity contribution in [3.05, 3.63) is 11.6 Å². The summed E-state index contributed by atoms with van der Waals surface area (Å²) in [7, 11) is 1.50. The van der Waals surface area contributed by atoms with Crippen LogP contribution in [0, 0.1) is 50.7 Å². The van der Waals surface area contributed by atoms with E-state index in [9.17, 15) is 14.7 Å². The number of aliphatic hydroxyl groups excluding tert-OH is 1. The molecule has 5 aliphatic rings. The number of esters is 1. The number of aliphatic hydroxyl groups is 1. The number of fused-ring (bicyclic) bond motifs is 7. The second-order valence-electron chi connectivity index (χ2n) is 14.4. The molecule has 0 saturated heterocycles. The number of ether oxygens (including phenoxy) is 1. The van der Waals surface area contributed by atoms with Gasteiger partial charge in [0.15, 0.2) is 5.78 Å². The lowest BCUT2D eigenvalue weighted by Crippen LogP contribution is -2.66. The van der Waals surface area contributed by atoms with Gasteiger partial charge in [-0.2, -0.15) is 0 Å². The summed E-state index contributed by atoms with van der Waals surface area (Å²) >= 11 is 0. The molecule has 0 bridgehead atoms. The van der Waals surface area contributed by atoms with Crippen molar-refractivity contribution in [1.29, 1.82) is 0 Å². The summed E-state index contributed by atoms with van der Waals surface area (Å²) in [6, 6.07) is 0. The number of hydrogen-bond donors (Lipinski definition) is 1. The van der Waals surface area contributed by atoms with Gasteiger partial charge in [0.1, 0.15) is 0 Å². The van der Waals surface area contributed by atoms with Crippen molar-refractivity contribution < 1.29 is 19.4 Å². The molecule has 0 radical (unpaired) electrons. The first-order valence-corrected chi connectivity index (χ1v) is 13.8. The first-order chi connectivity index (χ1) is 15.7. The van der Waals surface area contributed by atoms with E-state index in [1.807, 2.05) is 0 Å². The average molecular weight is 471 g/mol. The van der Waals surface area contributed by atoms with Crippen LogP contribution in [0.15, 0.2) is 11.6 Å². The van der Waals surface area contributed by atoms with Crippen molar-refractivity contribution in [3.63, 3.8) is 0 Å². The highest BCUT2D eigenvalue weighted by molar-refractivity contribution is 5.95. The molecular weight excluding hydrogens is 424 g/mol. The molecule has 0 aromatic rings. The highest BCUT2D eigenvalue weighted by Crippen LogP contribution is 2.74. The second-order valence-corrected chi connectivity index (χ2v) is 14.4. The van der Waals surface area contributed by atoms with Crippen LogP contribution in [0.2, 0.25) is 0 Å². The third-order valence-electron chi connectivity index (χ3n) is 12.8. The molecule has 5 aliphatic carbocycles. The molecule has 4 saturated carbocycles. The van der Waals surface area contributed by atoms with Gasteiger partial charge < -0.3 is 9.84 Å². The summed E-state index contributed by atoms with van der Waals surface area (Å²) in [5.41, 5.74) is 1.15. The van der Waals surface area contributed by atoms with E-state index >= 15 is 0 Å². The molecule has 0 unspecified atom stereocenters. The molecule has 4 nitrogen and oxygen atoms in total. The van der Waals surface area contributed by atoms with Gasteiger partial charge >= 0.3 is 5.97 Å². The molecule has 0 heterocycles. The Morgan fingerprint density at radius 2 is 1.68 bits per heavy atom. The van der Waals surface area contributed by atoms with Crippen LogP contribution in [0.1, 0.15) is 99.3 Å². The van der Waals surface area contributed by atoms with Crippen LogP contribution in [-0.2, 0) is 14.3 Å². The number of carbonyl (C=O) groups is 2. The zero-order chi connectivity index (χ0) is 24.9. The maximum absolute atomic E-state index is 14.2. The highest BCUT2D eigenvalue weighted by atomic mass is 16.5. The van der Waals surface area contributed by atoms with Crippen LogP contribution in [0.4, 0.5) is 0 Å². The van der Waals surface area contributed by atoms with Gasteiger partial charge in [-0.15, -0.1) is 0 Å². The van der Waals surface area contributed by atoms with Gasteiger partial charge in [-0.05, 0) is 103 Å². The highest BCUT2D eigenvalue weighted by Gasteiger charge is 2.69. The Labute approximate surface area is 206 Å². The van der Waals surface area contributed by atoms with Crippen LogP contribution in [0.5, 0.6) is 0 Å². The maximum atomic E-state index is 14.2. The topological polar surface area (TPSA) is 63.6 Å². The summed E-state index contributed by atoms with van der Waals surface area (Å²) < 4.78 is 5.15. The fourth-order valence-corrected chi connectivity index (χ4v) is 10.4. The van der Waals surface area contributed by atoms with Gasteiger partial charge in [0.25, 0.3) is 0 Å². The average Bonchev–Trinajstić information content (AvgIpc) is 2.77. The minimum absolute atomic E-state index is 0.00336. The maximum Gasteiger partial charge on any atom is 0.308 e. The van der Waals surface area contributed by atoms with E-state index in [0.717, 1.165) is 51.4 Å². The van der Waals surface area contributed by atoms with Gasteiger partial charge in [0, 0.05) is 5.92 Å². The van der Waals surface area contributed by atoms with Crippen LogP contribution in [-0.4, -0.2) is 30.1 Å². The Hall–Kier alpha value is -1.16. The van der Waals surface area contributed by atoms with Crippen LogP contribution >= 0.6 is 0 Å². The number of carbonyl (C=O) groups excluding carboxylic acids is 2. The normalized spacial score (nSPS) is 51.8. The van der Waals surface area contributed by atoms with Gasteiger partial charge in [-0.3, -0.25) is 9.59 Å². The molecular formula is C30H46O4. The van der Waals surface area contributed by atoms with Crippen molar-refractivity contribution in [2.75, 3.05) is 7.11 Å². The number of methoxy groups -OCH3 is 1. The van der Waals surface area contributed by atoms with Crippen molar-refractivity contribution in [3.8, 4) is 0 Å². The van der Waals surface area contributed by atoms with Crippen molar-refractivity contribution >= 4 is 11.8 Å². The number of hydrogen-bond acceptors (Lipinski definition) is 4. The third kappa shape index (κ3) is 2.93. The van der Waals surface area contributed by atoms with Crippen molar-refractivity contribution in [2.45, 2.75) is 105 Å². The molecule has 34 heavy (non-hydrogen) atoms. The van der Waals surface area contributed by atoms with E-state index in [0.29, 0.717) is 11.7 Å². The predicted molar refractivity (Wildman–Crippen MR) is 133 cm³/mol. The van der Waals surface area contributed by atoms with Gasteiger partial charge in [0.05, 0.1) is 19.1 Å². The van der Waals surface area contributed by atoms with E-state index < -0.39 is 0 Å². The molecule has 1 N–H and O–H groups in total. The molecule has 0 aliphatic heterocycles. The Morgan fingerprint density at radius 1 is 0.971 bits per heavy atom. The quantitative estimate of drug-likeness (QED) is 0.470. The van der Waals surface area contributed by atoms with Gasteiger partial charge in [-0.25, -0.2) is 0 Å². The van der Waals surface area contributed by atoms with Crippen LogP contribution < -0.4 is 0 Å². The van der Waals surface area contributed by atoms with Crippen molar-refractivity contribution in [1.82, 2.24) is 0 Å². The summed E-state index contributed by atoms with van der Waals surface area (Å²) in [5, 5.41) is 10.9. The Morgan fingerprint density at radius 3 is 2.35 bits per heavy atom. The number of rotatable bonds is 1. The largest absolute Gasteiger partial charge is 0.469 e. The molecule has 0 aromatic heterocycles. The van der Waals surface area contributed by atoms with E-state index in [4.69, 9.17) is 4.74 Å². The molecule has 4 heteroatoms. The molecule has 0 amide bonds. The van der Waals surface area contributed by atoms with Crippen molar-refractivity contribution in [2.24, 2.45) is 50.7 Å². The number of allylic oxidation sites excluding steroid dienone is 2. The first kappa shape index (κ1) is 24.5. The molecule has 9 atom stereocenters. The fraction of sp³-hybridized carbons (Fsp3) is 0.867. The Balaban J connectivity index is 1.59. The molecule has 0 aromatic carbocycles. The molecule has 190 valence electrons. The SMILES string of the molecule is COC(=O)[C@H]1CC[C@]2(C)CC[C@]3(C)C(=CC(=O)[C@@H]4[C@@]5(C)CC[C@H](O)C(C)(C)[C@@H]5CC[C@]43C)[C@@H]2C1. The lowest BCUT2D eigenvalue weighted by atomic mass is 9.33. The van der Waals surface area contributed by atoms with E-state index in [1.54, 1.807) is 0 Å². The number of ketones is 1. The summed E-state index contributed by atoms with van der Waals surface area (Å²) in [6.07, 6.45) is 10.7. The van der Waals surface area contributed by atoms with E-state index in [2.05, 4.69) is 47.6 Å². The predicted octanol–water partition coefficient (Wildman–Crippen LogP) is 6.11. The second kappa shape index (κ2) is 7.43. The first-order valence-electron chi connectivity index (χ1n) is 13.8. The van der Waals surface area contributed by atoms with Gasteiger partial charge in [-0.1, -0.05) is 47.1 Å².